The summed E-state index contributed by atoms with van der Waals surface area (Å²) >= 11 is 5.96. The van der Waals surface area contributed by atoms with Crippen molar-refractivity contribution < 1.29 is 19.4 Å². The average molecular weight is 627 g/mol. The molecule has 0 saturated carbocycles. The van der Waals surface area contributed by atoms with Crippen LogP contribution in [0.1, 0.15) is 59.1 Å². The van der Waals surface area contributed by atoms with E-state index in [2.05, 4.69) is 73.1 Å². The second kappa shape index (κ2) is 14.1. The Bertz CT molecular complexity index is 1630. The Labute approximate surface area is 269 Å². The summed E-state index contributed by atoms with van der Waals surface area (Å²) in [5.41, 5.74) is 5.89. The summed E-state index contributed by atoms with van der Waals surface area (Å²) in [6.07, 6.45) is 3.61. The van der Waals surface area contributed by atoms with Crippen LogP contribution in [-0.2, 0) is 36.0 Å². The van der Waals surface area contributed by atoms with E-state index in [-0.39, 0.29) is 18.6 Å². The van der Waals surface area contributed by atoms with Crippen LogP contribution in [-0.4, -0.2) is 58.1 Å². The number of amides is 1. The van der Waals surface area contributed by atoms with E-state index in [0.717, 1.165) is 18.5 Å². The summed E-state index contributed by atoms with van der Waals surface area (Å²) in [5, 5.41) is 10.2. The van der Waals surface area contributed by atoms with E-state index in [1.165, 1.54) is 21.6 Å². The second-order valence-corrected chi connectivity index (χ2v) is 12.8. The quantitative estimate of drug-likeness (QED) is 0.206. The number of aliphatic carboxylic acids is 1. The number of ether oxygens (including phenoxy) is 1. The highest BCUT2D eigenvalue weighted by Crippen LogP contribution is 2.25. The highest BCUT2D eigenvalue weighted by Gasteiger charge is 2.25. The predicted molar refractivity (Wildman–Crippen MR) is 176 cm³/mol. The highest BCUT2D eigenvalue weighted by molar-refractivity contribution is 6.30. The fourth-order valence-electron chi connectivity index (χ4n) is 5.42. The summed E-state index contributed by atoms with van der Waals surface area (Å²) in [4.78, 5) is 38.7. The lowest BCUT2D eigenvalue weighted by Crippen LogP contribution is -2.39. The minimum atomic E-state index is -1.11. The van der Waals surface area contributed by atoms with Crippen molar-refractivity contribution in [3.63, 3.8) is 0 Å². The smallest absolute Gasteiger partial charge is 0.323 e. The van der Waals surface area contributed by atoms with Crippen molar-refractivity contribution in [2.75, 3.05) is 31.1 Å². The lowest BCUT2D eigenvalue weighted by atomic mass is 9.86. The van der Waals surface area contributed by atoms with E-state index in [1.807, 2.05) is 6.07 Å². The zero-order chi connectivity index (χ0) is 32.0. The van der Waals surface area contributed by atoms with Gasteiger partial charge in [0, 0.05) is 24.3 Å². The number of carboxylic acid groups (broad SMARTS) is 1. The number of carbonyl (C=O) groups excluding carboxylic acids is 1. The first-order valence-corrected chi connectivity index (χ1v) is 15.6. The van der Waals surface area contributed by atoms with Gasteiger partial charge in [0.25, 0.3) is 5.91 Å². The Hall–Kier alpha value is -4.43. The third-order valence-electron chi connectivity index (χ3n) is 8.03. The molecule has 0 atom stereocenters. The van der Waals surface area contributed by atoms with Crippen molar-refractivity contribution >= 4 is 29.4 Å². The van der Waals surface area contributed by atoms with E-state index in [1.54, 1.807) is 30.5 Å². The first kappa shape index (κ1) is 32.0. The molecule has 0 aliphatic carbocycles. The Morgan fingerprint density at radius 3 is 2.38 bits per heavy atom. The molecule has 45 heavy (non-hydrogen) atoms. The van der Waals surface area contributed by atoms with Gasteiger partial charge in [0.15, 0.2) is 0 Å². The Balaban J connectivity index is 1.39. The van der Waals surface area contributed by atoms with Crippen molar-refractivity contribution in [1.29, 1.82) is 0 Å². The Morgan fingerprint density at radius 1 is 0.978 bits per heavy atom. The number of nitrogens with zero attached hydrogens (tertiary/aromatic N) is 4. The number of carboxylic acids is 1. The van der Waals surface area contributed by atoms with Gasteiger partial charge in [-0.1, -0.05) is 80.9 Å². The third-order valence-corrected chi connectivity index (χ3v) is 8.28. The van der Waals surface area contributed by atoms with Crippen molar-refractivity contribution in [3.05, 3.63) is 118 Å². The van der Waals surface area contributed by atoms with E-state index in [0.29, 0.717) is 47.4 Å². The minimum Gasteiger partial charge on any atom is -0.492 e. The number of rotatable bonds is 11. The Kier molecular flexibility index (Phi) is 10.0. The van der Waals surface area contributed by atoms with Crippen LogP contribution in [0.3, 0.4) is 0 Å². The van der Waals surface area contributed by atoms with Gasteiger partial charge in [-0.05, 0) is 71.2 Å². The number of benzene rings is 3. The predicted octanol–water partition coefficient (Wildman–Crippen LogP) is 6.38. The van der Waals surface area contributed by atoms with E-state index >= 15 is 0 Å². The van der Waals surface area contributed by atoms with Gasteiger partial charge in [0.1, 0.15) is 18.9 Å². The fourth-order valence-corrected chi connectivity index (χ4v) is 5.55. The summed E-state index contributed by atoms with van der Waals surface area (Å²) in [6, 6.07) is 23.8. The van der Waals surface area contributed by atoms with E-state index in [4.69, 9.17) is 21.3 Å². The van der Waals surface area contributed by atoms with Crippen LogP contribution >= 0.6 is 11.6 Å². The number of halogens is 1. The molecule has 2 heterocycles. The molecule has 0 fully saturated rings. The molecule has 1 N–H and O–H groups in total. The monoisotopic (exact) mass is 626 g/mol. The molecule has 5 rings (SSSR count). The molecule has 9 heteroatoms. The first-order valence-electron chi connectivity index (χ1n) is 15.2. The zero-order valence-electron chi connectivity index (χ0n) is 26.0. The molecular formula is C36H39ClN4O4. The lowest BCUT2D eigenvalue weighted by Gasteiger charge is -2.29. The van der Waals surface area contributed by atoms with Crippen LogP contribution in [0.4, 0.5) is 5.95 Å². The average Bonchev–Trinajstić information content (AvgIpc) is 3.03. The summed E-state index contributed by atoms with van der Waals surface area (Å²) < 4.78 is 5.77. The number of anilines is 1. The maximum atomic E-state index is 13.9. The Morgan fingerprint density at radius 2 is 1.69 bits per heavy atom. The van der Waals surface area contributed by atoms with E-state index < -0.39 is 18.4 Å². The van der Waals surface area contributed by atoms with Gasteiger partial charge in [-0.2, -0.15) is 0 Å². The van der Waals surface area contributed by atoms with Crippen LogP contribution in [0.25, 0.3) is 0 Å². The maximum absolute atomic E-state index is 13.9. The third kappa shape index (κ3) is 8.39. The molecule has 8 nitrogen and oxygen atoms in total. The van der Waals surface area contributed by atoms with Gasteiger partial charge < -0.3 is 19.6 Å². The molecule has 4 aromatic rings. The topological polar surface area (TPSA) is 95.9 Å². The molecule has 1 aliphatic heterocycles. The summed E-state index contributed by atoms with van der Waals surface area (Å²) in [7, 11) is 0. The number of carbonyl (C=O) groups is 2. The number of aromatic nitrogens is 2. The molecule has 1 aromatic heterocycles. The van der Waals surface area contributed by atoms with Crippen LogP contribution in [0.2, 0.25) is 5.02 Å². The zero-order valence-corrected chi connectivity index (χ0v) is 26.8. The number of aryl methyl sites for hydroxylation is 2. The van der Waals surface area contributed by atoms with Crippen molar-refractivity contribution in [2.24, 2.45) is 0 Å². The molecule has 1 aliphatic rings. The number of hydrogen-bond donors (Lipinski definition) is 1. The largest absolute Gasteiger partial charge is 0.492 e. The van der Waals surface area contributed by atoms with Crippen LogP contribution in [0, 0.1) is 0 Å². The fraction of sp³-hybridized carbons (Fsp3) is 0.333. The van der Waals surface area contributed by atoms with Crippen molar-refractivity contribution in [2.45, 2.75) is 52.0 Å². The number of hydrogen-bond acceptors (Lipinski definition) is 6. The van der Waals surface area contributed by atoms with Gasteiger partial charge in [-0.3, -0.25) is 9.59 Å². The molecule has 1 amide bonds. The second-order valence-electron chi connectivity index (χ2n) is 12.3. The van der Waals surface area contributed by atoms with Crippen molar-refractivity contribution in [3.8, 4) is 5.75 Å². The highest BCUT2D eigenvalue weighted by atomic mass is 35.5. The number of fused-ring (bicyclic) bond motifs is 1. The van der Waals surface area contributed by atoms with Crippen LogP contribution in [0.15, 0.2) is 79.0 Å². The molecule has 234 valence electrons. The van der Waals surface area contributed by atoms with Gasteiger partial charge in [0.2, 0.25) is 5.95 Å². The summed E-state index contributed by atoms with van der Waals surface area (Å²) in [6.45, 7) is 7.73. The molecule has 0 spiro atoms. The summed E-state index contributed by atoms with van der Waals surface area (Å²) in [5.74, 6) is -0.406. The van der Waals surface area contributed by atoms with Gasteiger partial charge in [0.05, 0.1) is 17.8 Å². The molecular weight excluding hydrogens is 588 g/mol. The SMILES string of the molecule is CC(C)(C)c1ccc(CCc2nc(N3CCc4ccccc4C3)ncc2C(=O)N(CCOc2ccc(Cl)cc2)CC(=O)O)cc1. The van der Waals surface area contributed by atoms with Crippen LogP contribution in [0.5, 0.6) is 5.75 Å². The molecule has 0 bridgehead atoms. The molecule has 0 saturated heterocycles. The first-order chi connectivity index (χ1) is 21.6. The van der Waals surface area contributed by atoms with Gasteiger partial charge in [-0.25, -0.2) is 9.97 Å². The van der Waals surface area contributed by atoms with Gasteiger partial charge >= 0.3 is 5.97 Å². The normalized spacial score (nSPS) is 12.8. The van der Waals surface area contributed by atoms with Gasteiger partial charge in [-0.15, -0.1) is 0 Å². The molecule has 3 aromatic carbocycles. The van der Waals surface area contributed by atoms with Crippen LogP contribution < -0.4 is 9.64 Å². The lowest BCUT2D eigenvalue weighted by molar-refractivity contribution is -0.137. The minimum absolute atomic E-state index is 0.0532. The standard InChI is InChI=1S/C36H39ClN4O4/c1-36(2,3)28-11-8-25(9-12-28)10-17-32-31(22-38-35(39-32)41-19-18-26-6-4-5-7-27(26)23-41)34(44)40(24-33(42)43)20-21-45-30-15-13-29(37)14-16-30/h4-9,11-16,22H,10,17-21,23-24H2,1-3H3,(H,42,43). The van der Waals surface area contributed by atoms with E-state index in [9.17, 15) is 14.7 Å². The molecule has 0 radical (unpaired) electrons. The van der Waals surface area contributed by atoms with Crippen molar-refractivity contribution in [1.82, 2.24) is 14.9 Å². The maximum Gasteiger partial charge on any atom is 0.323 e. The molecule has 0 unspecified atom stereocenters.